The standard InChI is InChI=1S/C14H28N2/c1-3-10-15-14-9-4-6-12(14)11-16(2)13-7-5-8-13/h12-15H,3-11H2,1-2H3. The van der Waals surface area contributed by atoms with Crippen molar-refractivity contribution in [2.75, 3.05) is 20.1 Å². The number of rotatable bonds is 6. The lowest BCUT2D eigenvalue weighted by Crippen LogP contribution is -2.44. The van der Waals surface area contributed by atoms with Gasteiger partial charge in [0.25, 0.3) is 0 Å². The molecule has 0 aliphatic heterocycles. The van der Waals surface area contributed by atoms with E-state index in [-0.39, 0.29) is 0 Å². The van der Waals surface area contributed by atoms with E-state index in [0.717, 1.165) is 18.0 Å². The van der Waals surface area contributed by atoms with Crippen LogP contribution in [0.5, 0.6) is 0 Å². The zero-order valence-corrected chi connectivity index (χ0v) is 11.0. The highest BCUT2D eigenvalue weighted by Crippen LogP contribution is 2.30. The third-order valence-corrected chi connectivity index (χ3v) is 4.54. The van der Waals surface area contributed by atoms with Gasteiger partial charge in [0.05, 0.1) is 0 Å². The van der Waals surface area contributed by atoms with Crippen LogP contribution in [0.3, 0.4) is 0 Å². The van der Waals surface area contributed by atoms with Gasteiger partial charge in [-0.3, -0.25) is 0 Å². The summed E-state index contributed by atoms with van der Waals surface area (Å²) in [5.41, 5.74) is 0. The molecule has 2 unspecified atom stereocenters. The lowest BCUT2D eigenvalue weighted by atomic mass is 9.90. The van der Waals surface area contributed by atoms with Crippen LogP contribution in [0, 0.1) is 5.92 Å². The summed E-state index contributed by atoms with van der Waals surface area (Å²) in [6.07, 6.45) is 9.89. The van der Waals surface area contributed by atoms with E-state index in [1.807, 2.05) is 0 Å². The lowest BCUT2D eigenvalue weighted by Gasteiger charge is -2.37. The molecule has 2 rings (SSSR count). The summed E-state index contributed by atoms with van der Waals surface area (Å²) in [6, 6.07) is 1.72. The zero-order valence-electron chi connectivity index (χ0n) is 11.0. The first-order valence-electron chi connectivity index (χ1n) is 7.25. The van der Waals surface area contributed by atoms with Gasteiger partial charge in [-0.05, 0) is 51.6 Å². The van der Waals surface area contributed by atoms with Gasteiger partial charge >= 0.3 is 0 Å². The van der Waals surface area contributed by atoms with E-state index in [0.29, 0.717) is 0 Å². The monoisotopic (exact) mass is 224 g/mol. The molecule has 0 spiro atoms. The van der Waals surface area contributed by atoms with Crippen LogP contribution in [0.2, 0.25) is 0 Å². The van der Waals surface area contributed by atoms with Gasteiger partial charge in [-0.15, -0.1) is 0 Å². The van der Waals surface area contributed by atoms with E-state index in [1.54, 1.807) is 0 Å². The molecule has 0 saturated heterocycles. The second-order valence-corrected chi connectivity index (χ2v) is 5.78. The Labute approximate surface area is 101 Å². The summed E-state index contributed by atoms with van der Waals surface area (Å²) in [5.74, 6) is 0.914. The lowest BCUT2D eigenvalue weighted by molar-refractivity contribution is 0.131. The molecule has 2 aliphatic carbocycles. The first kappa shape index (κ1) is 12.4. The van der Waals surface area contributed by atoms with Gasteiger partial charge in [0.2, 0.25) is 0 Å². The van der Waals surface area contributed by atoms with Crippen LogP contribution in [0.25, 0.3) is 0 Å². The van der Waals surface area contributed by atoms with Gasteiger partial charge in [0.15, 0.2) is 0 Å². The Morgan fingerprint density at radius 1 is 1.12 bits per heavy atom. The highest BCUT2D eigenvalue weighted by atomic mass is 15.1. The second kappa shape index (κ2) is 6.02. The maximum Gasteiger partial charge on any atom is 0.0107 e. The van der Waals surface area contributed by atoms with Crippen LogP contribution >= 0.6 is 0 Å². The summed E-state index contributed by atoms with van der Waals surface area (Å²) >= 11 is 0. The minimum Gasteiger partial charge on any atom is -0.314 e. The van der Waals surface area contributed by atoms with E-state index in [2.05, 4.69) is 24.2 Å². The smallest absolute Gasteiger partial charge is 0.0107 e. The van der Waals surface area contributed by atoms with Crippen molar-refractivity contribution in [2.45, 2.75) is 64.0 Å². The Morgan fingerprint density at radius 2 is 1.88 bits per heavy atom. The predicted octanol–water partition coefficient (Wildman–Crippen LogP) is 2.64. The van der Waals surface area contributed by atoms with Crippen molar-refractivity contribution in [3.63, 3.8) is 0 Å². The van der Waals surface area contributed by atoms with Gasteiger partial charge in [-0.1, -0.05) is 19.8 Å². The Hall–Kier alpha value is -0.0800. The van der Waals surface area contributed by atoms with Crippen LogP contribution in [0.15, 0.2) is 0 Å². The fourth-order valence-corrected chi connectivity index (χ4v) is 3.20. The number of nitrogens with zero attached hydrogens (tertiary/aromatic N) is 1. The topological polar surface area (TPSA) is 15.3 Å². The highest BCUT2D eigenvalue weighted by Gasteiger charge is 2.30. The molecule has 0 aromatic heterocycles. The Balaban J connectivity index is 1.73. The largest absolute Gasteiger partial charge is 0.314 e. The minimum absolute atomic E-state index is 0.808. The molecule has 2 fully saturated rings. The molecule has 0 bridgehead atoms. The molecule has 0 heterocycles. The normalized spacial score (nSPS) is 30.9. The van der Waals surface area contributed by atoms with Crippen LogP contribution in [-0.4, -0.2) is 37.1 Å². The average Bonchev–Trinajstić information content (AvgIpc) is 2.59. The van der Waals surface area contributed by atoms with Gasteiger partial charge < -0.3 is 10.2 Å². The van der Waals surface area contributed by atoms with Crippen LogP contribution in [0.4, 0.5) is 0 Å². The number of hydrogen-bond donors (Lipinski definition) is 1. The van der Waals surface area contributed by atoms with Gasteiger partial charge in [0, 0.05) is 18.6 Å². The molecular weight excluding hydrogens is 196 g/mol. The van der Waals surface area contributed by atoms with E-state index in [1.165, 1.54) is 58.0 Å². The van der Waals surface area contributed by atoms with E-state index in [4.69, 9.17) is 0 Å². The predicted molar refractivity (Wildman–Crippen MR) is 69.7 cm³/mol. The fraction of sp³-hybridized carbons (Fsp3) is 1.00. The summed E-state index contributed by atoms with van der Waals surface area (Å²) in [5, 5.41) is 3.74. The van der Waals surface area contributed by atoms with Gasteiger partial charge in [-0.2, -0.15) is 0 Å². The molecule has 0 radical (unpaired) electrons. The fourth-order valence-electron chi connectivity index (χ4n) is 3.20. The van der Waals surface area contributed by atoms with Crippen molar-refractivity contribution in [3.8, 4) is 0 Å². The summed E-state index contributed by atoms with van der Waals surface area (Å²) in [6.45, 7) is 4.79. The third kappa shape index (κ3) is 2.98. The molecule has 16 heavy (non-hydrogen) atoms. The van der Waals surface area contributed by atoms with Crippen molar-refractivity contribution in [2.24, 2.45) is 5.92 Å². The molecule has 2 atom stereocenters. The van der Waals surface area contributed by atoms with Crippen LogP contribution in [0.1, 0.15) is 51.9 Å². The van der Waals surface area contributed by atoms with Crippen molar-refractivity contribution in [1.82, 2.24) is 10.2 Å². The number of nitrogens with one attached hydrogen (secondary N) is 1. The molecule has 2 aliphatic rings. The zero-order chi connectivity index (χ0) is 11.4. The first-order valence-corrected chi connectivity index (χ1v) is 7.25. The first-order chi connectivity index (χ1) is 7.81. The van der Waals surface area contributed by atoms with Crippen LogP contribution in [-0.2, 0) is 0 Å². The van der Waals surface area contributed by atoms with Gasteiger partial charge in [0.1, 0.15) is 0 Å². The van der Waals surface area contributed by atoms with Crippen molar-refractivity contribution in [3.05, 3.63) is 0 Å². The summed E-state index contributed by atoms with van der Waals surface area (Å²) < 4.78 is 0. The van der Waals surface area contributed by atoms with E-state index >= 15 is 0 Å². The molecule has 0 aromatic carbocycles. The molecule has 1 N–H and O–H groups in total. The van der Waals surface area contributed by atoms with E-state index in [9.17, 15) is 0 Å². The minimum atomic E-state index is 0.808. The van der Waals surface area contributed by atoms with E-state index < -0.39 is 0 Å². The van der Waals surface area contributed by atoms with Crippen molar-refractivity contribution >= 4 is 0 Å². The SMILES string of the molecule is CCCNC1CCCC1CN(C)C1CCC1. The summed E-state index contributed by atoms with van der Waals surface area (Å²) in [7, 11) is 2.33. The highest BCUT2D eigenvalue weighted by molar-refractivity contribution is 4.87. The van der Waals surface area contributed by atoms with Crippen molar-refractivity contribution < 1.29 is 0 Å². The molecular formula is C14H28N2. The molecule has 2 heteroatoms. The Bertz CT molecular complexity index is 201. The summed E-state index contributed by atoms with van der Waals surface area (Å²) in [4.78, 5) is 2.63. The maximum atomic E-state index is 3.74. The Kier molecular flexibility index (Phi) is 4.66. The quantitative estimate of drug-likeness (QED) is 0.746. The molecule has 2 nitrogen and oxygen atoms in total. The molecule has 0 aromatic rings. The van der Waals surface area contributed by atoms with Gasteiger partial charge in [-0.25, -0.2) is 0 Å². The molecule has 2 saturated carbocycles. The average molecular weight is 224 g/mol. The molecule has 94 valence electrons. The Morgan fingerprint density at radius 3 is 2.50 bits per heavy atom. The van der Waals surface area contributed by atoms with Crippen LogP contribution < -0.4 is 5.32 Å². The third-order valence-electron chi connectivity index (χ3n) is 4.54. The van der Waals surface area contributed by atoms with Crippen molar-refractivity contribution in [1.29, 1.82) is 0 Å². The second-order valence-electron chi connectivity index (χ2n) is 5.78. The maximum absolute atomic E-state index is 3.74. The number of hydrogen-bond acceptors (Lipinski definition) is 2. The molecule has 0 amide bonds.